The van der Waals surface area contributed by atoms with Crippen LogP contribution in [-0.2, 0) is 28.8 Å². The van der Waals surface area contributed by atoms with Crippen molar-refractivity contribution in [2.24, 2.45) is 0 Å². The highest BCUT2D eigenvalue weighted by atomic mass is 16.2. The maximum atomic E-state index is 10.4. The lowest BCUT2D eigenvalue weighted by molar-refractivity contribution is -0.158. The second-order valence-corrected chi connectivity index (χ2v) is 10.8. The Morgan fingerprint density at radius 3 is 0.600 bits per heavy atom. The van der Waals surface area contributed by atoms with Crippen LogP contribution >= 0.6 is 0 Å². The Morgan fingerprint density at radius 2 is 0.440 bits per heavy atom. The number of nitrogen functional groups attached to an aromatic ring is 2. The molecule has 14 heteroatoms. The SMILES string of the molecule is Nc1ccccc1N.O=C1C(=O)C(=O)C(=O)C(=O)C1=O.c1ccc2nc3c(nc2c1)c1nc2ccccc2nc1c1nc2ccccc2nc31. The number of para-hydroxylation sites is 8. The lowest BCUT2D eigenvalue weighted by Gasteiger charge is -2.10. The van der Waals surface area contributed by atoms with E-state index in [1.165, 1.54) is 0 Å². The second kappa shape index (κ2) is 12.3. The van der Waals surface area contributed by atoms with Gasteiger partial charge in [-0.3, -0.25) is 28.8 Å². The number of benzene rings is 5. The van der Waals surface area contributed by atoms with E-state index in [9.17, 15) is 28.8 Å². The first-order valence-electron chi connectivity index (χ1n) is 14.8. The van der Waals surface area contributed by atoms with Crippen LogP contribution in [0.15, 0.2) is 97.1 Å². The molecule has 1 aliphatic rings. The lowest BCUT2D eigenvalue weighted by Crippen LogP contribution is -2.49. The Bertz CT molecular complexity index is 2310. The quantitative estimate of drug-likeness (QED) is 0.103. The number of Topliss-reactive ketones (excluding diaryl/α,β-unsaturated/α-hetero) is 6. The first-order valence-corrected chi connectivity index (χ1v) is 14.8. The van der Waals surface area contributed by atoms with Gasteiger partial charge in [-0.1, -0.05) is 48.5 Å². The van der Waals surface area contributed by atoms with Crippen LogP contribution in [0.2, 0.25) is 0 Å². The van der Waals surface area contributed by atoms with Gasteiger partial charge in [-0.15, -0.1) is 0 Å². The van der Waals surface area contributed by atoms with Gasteiger partial charge in [-0.05, 0) is 48.5 Å². The number of anilines is 2. The molecular formula is C36H20N8O6. The molecule has 3 aromatic heterocycles. The van der Waals surface area contributed by atoms with Crippen LogP contribution in [0.3, 0.4) is 0 Å². The van der Waals surface area contributed by atoms with Gasteiger partial charge in [0.25, 0.3) is 34.7 Å². The average Bonchev–Trinajstić information content (AvgIpc) is 3.15. The van der Waals surface area contributed by atoms with Gasteiger partial charge in [-0.2, -0.15) is 0 Å². The van der Waals surface area contributed by atoms with Crippen molar-refractivity contribution in [3.05, 3.63) is 97.1 Å². The highest BCUT2D eigenvalue weighted by Gasteiger charge is 2.47. The molecule has 0 spiro atoms. The minimum Gasteiger partial charge on any atom is -0.397 e. The van der Waals surface area contributed by atoms with Gasteiger partial charge in [0.1, 0.15) is 33.1 Å². The second-order valence-electron chi connectivity index (χ2n) is 10.8. The summed E-state index contributed by atoms with van der Waals surface area (Å²) in [4.78, 5) is 91.9. The van der Waals surface area contributed by atoms with Gasteiger partial charge >= 0.3 is 0 Å². The molecule has 0 unspecified atom stereocenters. The molecule has 9 rings (SSSR count). The van der Waals surface area contributed by atoms with Crippen LogP contribution in [0, 0.1) is 0 Å². The van der Waals surface area contributed by atoms with E-state index in [2.05, 4.69) is 0 Å². The maximum Gasteiger partial charge on any atom is 0.281 e. The Hall–Kier alpha value is -7.48. The topological polar surface area (TPSA) is 232 Å². The molecule has 5 aromatic carbocycles. The van der Waals surface area contributed by atoms with Crippen LogP contribution in [0.4, 0.5) is 11.4 Å². The van der Waals surface area contributed by atoms with Crippen molar-refractivity contribution >= 4 is 112 Å². The fourth-order valence-electron chi connectivity index (χ4n) is 5.12. The fourth-order valence-corrected chi connectivity index (χ4v) is 5.12. The number of ketones is 6. The molecular weight excluding hydrogens is 640 g/mol. The normalized spacial score (nSPS) is 13.2. The summed E-state index contributed by atoms with van der Waals surface area (Å²) in [5, 5.41) is 0. The van der Waals surface area contributed by atoms with Gasteiger partial charge < -0.3 is 11.5 Å². The number of nitrogens with two attached hydrogens (primary N) is 2. The molecule has 0 radical (unpaired) electrons. The number of nitrogens with zero attached hydrogens (tertiary/aromatic N) is 6. The predicted octanol–water partition coefficient (Wildman–Crippen LogP) is 3.24. The first kappa shape index (κ1) is 31.1. The zero-order chi connectivity index (χ0) is 35.1. The first-order chi connectivity index (χ1) is 24.1. The van der Waals surface area contributed by atoms with Crippen molar-refractivity contribution in [3.63, 3.8) is 0 Å². The number of hydrogen-bond acceptors (Lipinski definition) is 14. The fraction of sp³-hybridized carbons (Fsp3) is 0. The molecule has 8 aromatic rings. The van der Waals surface area contributed by atoms with Crippen molar-refractivity contribution < 1.29 is 28.8 Å². The van der Waals surface area contributed by atoms with E-state index >= 15 is 0 Å². The summed E-state index contributed by atoms with van der Waals surface area (Å²) in [6.45, 7) is 0. The molecule has 1 fully saturated rings. The number of aromatic nitrogens is 6. The van der Waals surface area contributed by atoms with Crippen molar-refractivity contribution in [1.82, 2.24) is 29.9 Å². The molecule has 0 atom stereocenters. The van der Waals surface area contributed by atoms with Gasteiger partial charge in [0.15, 0.2) is 0 Å². The van der Waals surface area contributed by atoms with Crippen LogP contribution in [0.1, 0.15) is 0 Å². The number of carbonyl (C=O) groups excluding carboxylic acids is 6. The molecule has 1 aliphatic carbocycles. The Morgan fingerprint density at radius 1 is 0.280 bits per heavy atom. The third-order valence-electron chi connectivity index (χ3n) is 7.62. The molecule has 0 saturated heterocycles. The van der Waals surface area contributed by atoms with Gasteiger partial charge in [0.2, 0.25) is 0 Å². The number of carbonyl (C=O) groups is 6. The van der Waals surface area contributed by atoms with E-state index in [0.717, 1.165) is 33.1 Å². The number of hydrogen-bond donors (Lipinski definition) is 2. The molecule has 50 heavy (non-hydrogen) atoms. The number of rotatable bonds is 0. The molecule has 14 nitrogen and oxygen atoms in total. The van der Waals surface area contributed by atoms with Crippen LogP contribution in [-0.4, -0.2) is 64.6 Å². The summed E-state index contributed by atoms with van der Waals surface area (Å²) in [5.74, 6) is -10.4. The van der Waals surface area contributed by atoms with E-state index in [1.54, 1.807) is 12.1 Å². The van der Waals surface area contributed by atoms with Crippen molar-refractivity contribution in [1.29, 1.82) is 0 Å². The minimum absolute atomic E-state index is 0.646. The summed E-state index contributed by atoms with van der Waals surface area (Å²) >= 11 is 0. The van der Waals surface area contributed by atoms with Gasteiger partial charge in [0.05, 0.1) is 44.5 Å². The van der Waals surface area contributed by atoms with Crippen LogP contribution < -0.4 is 11.5 Å². The Balaban J connectivity index is 0.000000161. The van der Waals surface area contributed by atoms with Crippen LogP contribution in [0.25, 0.3) is 66.2 Å². The van der Waals surface area contributed by atoms with Crippen molar-refractivity contribution in [2.45, 2.75) is 0 Å². The van der Waals surface area contributed by atoms with E-state index in [1.807, 2.05) is 84.9 Å². The van der Waals surface area contributed by atoms with Crippen LogP contribution in [0.5, 0.6) is 0 Å². The highest BCUT2D eigenvalue weighted by molar-refractivity contribution is 7.08. The molecule has 240 valence electrons. The van der Waals surface area contributed by atoms with E-state index < -0.39 is 34.7 Å². The molecule has 0 amide bonds. The largest absolute Gasteiger partial charge is 0.397 e. The Labute approximate surface area is 279 Å². The van der Waals surface area contributed by atoms with E-state index in [-0.39, 0.29) is 0 Å². The van der Waals surface area contributed by atoms with Crippen molar-refractivity contribution in [2.75, 3.05) is 11.5 Å². The summed E-state index contributed by atoms with van der Waals surface area (Å²) in [5.41, 5.74) is 21.1. The molecule has 1 saturated carbocycles. The molecule has 3 heterocycles. The zero-order valence-electron chi connectivity index (χ0n) is 25.5. The maximum absolute atomic E-state index is 10.4. The Kier molecular flexibility index (Phi) is 7.64. The average molecular weight is 661 g/mol. The highest BCUT2D eigenvalue weighted by Crippen LogP contribution is 2.32. The minimum atomic E-state index is -1.73. The monoisotopic (exact) mass is 660 g/mol. The van der Waals surface area contributed by atoms with E-state index in [0.29, 0.717) is 44.5 Å². The summed E-state index contributed by atoms with van der Waals surface area (Å²) in [7, 11) is 0. The third kappa shape index (κ3) is 5.37. The standard InChI is InChI=1S/C24H12N6.C6H8N2.C6O6/c1-2-8-14-13(7-1)25-19-20(26-14)22-24(30-18-12-6-5-11-17(18)28-22)23-21(19)27-15-9-3-4-10-16(15)29-23;7-5-3-1-2-4-6(5)8;7-1-2(8)4(10)6(12)5(11)3(1)9/h1-12H;1-4H,7-8H2;. The van der Waals surface area contributed by atoms with Gasteiger partial charge in [0, 0.05) is 0 Å². The van der Waals surface area contributed by atoms with Gasteiger partial charge in [-0.25, -0.2) is 29.9 Å². The summed E-state index contributed by atoms with van der Waals surface area (Å²) in [6.07, 6.45) is 0. The number of fused-ring (bicyclic) bond motifs is 9. The molecule has 0 bridgehead atoms. The summed E-state index contributed by atoms with van der Waals surface area (Å²) in [6, 6.07) is 30.7. The zero-order valence-corrected chi connectivity index (χ0v) is 25.5. The lowest BCUT2D eigenvalue weighted by atomic mass is 9.93. The van der Waals surface area contributed by atoms with E-state index in [4.69, 9.17) is 41.4 Å². The van der Waals surface area contributed by atoms with Crippen molar-refractivity contribution in [3.8, 4) is 0 Å². The third-order valence-corrected chi connectivity index (χ3v) is 7.62. The molecule has 4 N–H and O–H groups in total. The predicted molar refractivity (Wildman–Crippen MR) is 184 cm³/mol. The smallest absolute Gasteiger partial charge is 0.281 e. The summed E-state index contributed by atoms with van der Waals surface area (Å²) < 4.78 is 0. The molecule has 0 aliphatic heterocycles.